The second-order valence-corrected chi connectivity index (χ2v) is 4.32. The van der Waals surface area contributed by atoms with E-state index < -0.39 is 0 Å². The lowest BCUT2D eigenvalue weighted by Crippen LogP contribution is -2.17. The number of carbonyl (C=O) groups excluding carboxylic acids is 1. The molecule has 0 aliphatic heterocycles. The number of phenols is 1. The zero-order chi connectivity index (χ0) is 15.2. The highest BCUT2D eigenvalue weighted by molar-refractivity contribution is 5.94. The number of hydrogen-bond donors (Lipinski definition) is 2. The molecule has 2 N–H and O–H groups in total. The summed E-state index contributed by atoms with van der Waals surface area (Å²) in [5.41, 5.74) is 4.26. The third kappa shape index (κ3) is 3.56. The fourth-order valence-electron chi connectivity index (χ4n) is 1.74. The number of rotatable bonds is 4. The Hall–Kier alpha value is -2.89. The van der Waals surface area contributed by atoms with Crippen molar-refractivity contribution >= 4 is 12.1 Å². The van der Waals surface area contributed by atoms with Crippen LogP contribution < -0.4 is 10.2 Å². The average molecular weight is 285 g/mol. The van der Waals surface area contributed by atoms with Crippen LogP contribution in [-0.4, -0.2) is 29.3 Å². The van der Waals surface area contributed by atoms with E-state index in [4.69, 9.17) is 4.74 Å². The van der Waals surface area contributed by atoms with Crippen molar-refractivity contribution in [3.05, 3.63) is 53.3 Å². The molecule has 0 fully saturated rings. The highest BCUT2D eigenvalue weighted by atomic mass is 16.5. The van der Waals surface area contributed by atoms with Gasteiger partial charge in [0.2, 0.25) is 0 Å². The van der Waals surface area contributed by atoms with Crippen molar-refractivity contribution in [3.8, 4) is 11.5 Å². The molecule has 6 heteroatoms. The van der Waals surface area contributed by atoms with Crippen molar-refractivity contribution in [2.24, 2.45) is 5.10 Å². The van der Waals surface area contributed by atoms with Crippen LogP contribution in [0.1, 0.15) is 21.5 Å². The molecule has 0 unspecified atom stereocenters. The monoisotopic (exact) mass is 285 g/mol. The maximum atomic E-state index is 11.8. The molecule has 21 heavy (non-hydrogen) atoms. The molecule has 0 saturated heterocycles. The number of aromatic nitrogens is 1. The first-order valence-corrected chi connectivity index (χ1v) is 6.23. The standard InChI is InChI=1S/C15H15N3O3/c1-10-7-11(8-13(21-2)14(10)19)9-17-18-15(20)12-3-5-16-6-4-12/h3-9,19H,1-2H3,(H,18,20)/b17-9+. The summed E-state index contributed by atoms with van der Waals surface area (Å²) < 4.78 is 5.06. The van der Waals surface area contributed by atoms with Crippen LogP contribution in [0.25, 0.3) is 0 Å². The molecule has 0 aliphatic carbocycles. The van der Waals surface area contributed by atoms with E-state index in [1.54, 1.807) is 31.2 Å². The minimum Gasteiger partial charge on any atom is -0.504 e. The minimum absolute atomic E-state index is 0.0930. The van der Waals surface area contributed by atoms with E-state index >= 15 is 0 Å². The summed E-state index contributed by atoms with van der Waals surface area (Å²) in [6.07, 6.45) is 4.55. The van der Waals surface area contributed by atoms with Gasteiger partial charge in [-0.15, -0.1) is 0 Å². The highest BCUT2D eigenvalue weighted by Crippen LogP contribution is 2.30. The molecule has 6 nitrogen and oxygen atoms in total. The number of ether oxygens (including phenoxy) is 1. The van der Waals surface area contributed by atoms with Crippen LogP contribution in [-0.2, 0) is 0 Å². The Morgan fingerprint density at radius 3 is 2.76 bits per heavy atom. The molecule has 108 valence electrons. The maximum absolute atomic E-state index is 11.8. The first-order chi connectivity index (χ1) is 10.1. The van der Waals surface area contributed by atoms with Gasteiger partial charge in [0.1, 0.15) is 0 Å². The van der Waals surface area contributed by atoms with Crippen LogP contribution in [0.3, 0.4) is 0 Å². The Kier molecular flexibility index (Phi) is 4.50. The van der Waals surface area contributed by atoms with Crippen LogP contribution in [0.5, 0.6) is 11.5 Å². The molecule has 2 aromatic rings. The number of hydrazone groups is 1. The van der Waals surface area contributed by atoms with Crippen LogP contribution in [0.4, 0.5) is 0 Å². The van der Waals surface area contributed by atoms with Crippen molar-refractivity contribution < 1.29 is 14.6 Å². The predicted octanol–water partition coefficient (Wildman–Crippen LogP) is 1.87. The summed E-state index contributed by atoms with van der Waals surface area (Å²) in [4.78, 5) is 15.6. The Morgan fingerprint density at radius 2 is 2.10 bits per heavy atom. The summed E-state index contributed by atoms with van der Waals surface area (Å²) in [5, 5.41) is 13.6. The van der Waals surface area contributed by atoms with Crippen molar-refractivity contribution in [2.75, 3.05) is 7.11 Å². The van der Waals surface area contributed by atoms with E-state index in [2.05, 4.69) is 15.5 Å². The lowest BCUT2D eigenvalue weighted by atomic mass is 10.1. The Bertz CT molecular complexity index is 669. The van der Waals surface area contributed by atoms with Gasteiger partial charge < -0.3 is 9.84 Å². The lowest BCUT2D eigenvalue weighted by molar-refractivity contribution is 0.0955. The Balaban J connectivity index is 2.08. The predicted molar refractivity (Wildman–Crippen MR) is 78.7 cm³/mol. The van der Waals surface area contributed by atoms with Gasteiger partial charge >= 0.3 is 0 Å². The number of amides is 1. The fraction of sp³-hybridized carbons (Fsp3) is 0.133. The summed E-state index contributed by atoms with van der Waals surface area (Å²) in [6.45, 7) is 1.75. The molecule has 0 saturated carbocycles. The second kappa shape index (κ2) is 6.51. The minimum atomic E-state index is -0.323. The highest BCUT2D eigenvalue weighted by Gasteiger charge is 2.06. The molecular formula is C15H15N3O3. The smallest absolute Gasteiger partial charge is 0.271 e. The maximum Gasteiger partial charge on any atom is 0.271 e. The number of nitrogens with zero attached hydrogens (tertiary/aromatic N) is 2. The third-order valence-corrected chi connectivity index (χ3v) is 2.83. The number of nitrogens with one attached hydrogen (secondary N) is 1. The summed E-state index contributed by atoms with van der Waals surface area (Å²) in [5.74, 6) is 0.128. The second-order valence-electron chi connectivity index (χ2n) is 4.32. The fourth-order valence-corrected chi connectivity index (χ4v) is 1.74. The van der Waals surface area contributed by atoms with Crippen LogP contribution in [0.2, 0.25) is 0 Å². The Labute approximate surface area is 122 Å². The summed E-state index contributed by atoms with van der Waals surface area (Å²) in [6, 6.07) is 6.56. The molecule has 0 atom stereocenters. The number of pyridine rings is 1. The molecule has 1 heterocycles. The largest absolute Gasteiger partial charge is 0.504 e. The van der Waals surface area contributed by atoms with E-state index in [1.807, 2.05) is 0 Å². The molecule has 1 aromatic heterocycles. The topological polar surface area (TPSA) is 83.8 Å². The van der Waals surface area contributed by atoms with Gasteiger partial charge in [-0.25, -0.2) is 5.43 Å². The van der Waals surface area contributed by atoms with Crippen molar-refractivity contribution in [1.82, 2.24) is 10.4 Å². The zero-order valence-corrected chi connectivity index (χ0v) is 11.7. The van der Waals surface area contributed by atoms with Crippen LogP contribution in [0.15, 0.2) is 41.8 Å². The first kappa shape index (κ1) is 14.5. The molecule has 0 bridgehead atoms. The lowest BCUT2D eigenvalue weighted by Gasteiger charge is -2.07. The van der Waals surface area contributed by atoms with E-state index in [0.717, 1.165) is 0 Å². The molecule has 0 spiro atoms. The number of benzene rings is 1. The molecular weight excluding hydrogens is 270 g/mol. The van der Waals surface area contributed by atoms with Gasteiger partial charge in [-0.3, -0.25) is 9.78 Å². The third-order valence-electron chi connectivity index (χ3n) is 2.83. The van der Waals surface area contributed by atoms with Crippen molar-refractivity contribution in [1.29, 1.82) is 0 Å². The van der Waals surface area contributed by atoms with E-state index in [9.17, 15) is 9.90 Å². The van der Waals surface area contributed by atoms with Gasteiger partial charge in [0.05, 0.1) is 13.3 Å². The van der Waals surface area contributed by atoms with Crippen molar-refractivity contribution in [2.45, 2.75) is 6.92 Å². The molecule has 2 rings (SSSR count). The van der Waals surface area contributed by atoms with Gasteiger partial charge in [0.15, 0.2) is 11.5 Å². The van der Waals surface area contributed by atoms with Gasteiger partial charge in [-0.1, -0.05) is 0 Å². The average Bonchev–Trinajstić information content (AvgIpc) is 2.51. The molecule has 1 amide bonds. The van der Waals surface area contributed by atoms with Gasteiger partial charge in [0, 0.05) is 18.0 Å². The van der Waals surface area contributed by atoms with Gasteiger partial charge in [-0.05, 0) is 42.3 Å². The molecule has 0 aliphatic rings. The first-order valence-electron chi connectivity index (χ1n) is 6.23. The number of carbonyl (C=O) groups is 1. The van der Waals surface area contributed by atoms with E-state index in [1.165, 1.54) is 25.7 Å². The van der Waals surface area contributed by atoms with E-state index in [0.29, 0.717) is 22.4 Å². The van der Waals surface area contributed by atoms with Crippen molar-refractivity contribution in [3.63, 3.8) is 0 Å². The quantitative estimate of drug-likeness (QED) is 0.663. The van der Waals surface area contributed by atoms with Gasteiger partial charge in [-0.2, -0.15) is 5.10 Å². The Morgan fingerprint density at radius 1 is 1.38 bits per heavy atom. The number of aryl methyl sites for hydroxylation is 1. The molecule has 0 radical (unpaired) electrons. The van der Waals surface area contributed by atoms with Gasteiger partial charge in [0.25, 0.3) is 5.91 Å². The van der Waals surface area contributed by atoms with Crippen LogP contribution in [0, 0.1) is 6.92 Å². The molecule has 1 aromatic carbocycles. The number of aromatic hydroxyl groups is 1. The zero-order valence-electron chi connectivity index (χ0n) is 11.7. The number of phenolic OH excluding ortho intramolecular Hbond substituents is 1. The van der Waals surface area contributed by atoms with E-state index in [-0.39, 0.29) is 11.7 Å². The SMILES string of the molecule is COc1cc(/C=N/NC(=O)c2ccncc2)cc(C)c1O. The summed E-state index contributed by atoms with van der Waals surface area (Å²) in [7, 11) is 1.47. The van der Waals surface area contributed by atoms with Crippen LogP contribution >= 0.6 is 0 Å². The number of hydrogen-bond acceptors (Lipinski definition) is 5. The summed E-state index contributed by atoms with van der Waals surface area (Å²) >= 11 is 0. The normalized spacial score (nSPS) is 10.6. The number of methoxy groups -OCH3 is 1.